The number of amides is 1. The molecule has 0 aliphatic heterocycles. The average Bonchev–Trinajstić information content (AvgIpc) is 3.36. The van der Waals surface area contributed by atoms with Crippen LogP contribution in [-0.2, 0) is 6.54 Å². The third-order valence-electron chi connectivity index (χ3n) is 4.27. The van der Waals surface area contributed by atoms with Crippen molar-refractivity contribution in [3.63, 3.8) is 0 Å². The Bertz CT molecular complexity index is 1150. The van der Waals surface area contributed by atoms with Gasteiger partial charge in [-0.1, -0.05) is 11.2 Å². The predicted molar refractivity (Wildman–Crippen MR) is 105 cm³/mol. The molecule has 0 radical (unpaired) electrons. The Hall–Kier alpha value is -3.68. The van der Waals surface area contributed by atoms with Crippen LogP contribution in [0.25, 0.3) is 22.6 Å². The van der Waals surface area contributed by atoms with Gasteiger partial charge in [0.25, 0.3) is 11.6 Å². The molecule has 148 valence electrons. The third-order valence-corrected chi connectivity index (χ3v) is 4.27. The van der Waals surface area contributed by atoms with Crippen LogP contribution < -0.4 is 10.1 Å². The van der Waals surface area contributed by atoms with Gasteiger partial charge < -0.3 is 19.0 Å². The maximum absolute atomic E-state index is 13.0. The topological polar surface area (TPSA) is 103 Å². The number of rotatable bonds is 6. The summed E-state index contributed by atoms with van der Waals surface area (Å²) in [5, 5.41) is 7.44. The molecule has 1 amide bonds. The van der Waals surface area contributed by atoms with Crippen molar-refractivity contribution in [1.29, 1.82) is 0 Å². The highest BCUT2D eigenvalue weighted by molar-refractivity contribution is 6.06. The lowest BCUT2D eigenvalue weighted by Gasteiger charge is -2.13. The van der Waals surface area contributed by atoms with Crippen molar-refractivity contribution in [3.05, 3.63) is 59.6 Å². The van der Waals surface area contributed by atoms with E-state index in [1.807, 2.05) is 19.9 Å². The fourth-order valence-corrected chi connectivity index (χ4v) is 2.98. The summed E-state index contributed by atoms with van der Waals surface area (Å²) in [7, 11) is 0. The van der Waals surface area contributed by atoms with Crippen molar-refractivity contribution in [2.45, 2.75) is 33.4 Å². The molecular formula is C21H20N4O4. The van der Waals surface area contributed by atoms with Crippen molar-refractivity contribution >= 4 is 17.0 Å². The first-order valence-electron chi connectivity index (χ1n) is 9.22. The number of carbonyl (C=O) groups is 1. The Kier molecular flexibility index (Phi) is 4.99. The standard InChI is InChI=1S/C21H20N4O4/c1-12(2)28-20-14(6-4-8-22-20)11-23-19(26)15-10-16(17-7-5-9-27-17)24-21-18(15)13(3)25-29-21/h4-10,12H,11H2,1-3H3,(H,23,26). The Balaban J connectivity index is 1.65. The first-order valence-corrected chi connectivity index (χ1v) is 9.22. The maximum Gasteiger partial charge on any atom is 0.259 e. The van der Waals surface area contributed by atoms with Gasteiger partial charge in [0.1, 0.15) is 5.69 Å². The average molecular weight is 392 g/mol. The molecule has 4 aromatic rings. The predicted octanol–water partition coefficient (Wildman–Crippen LogP) is 3.90. The van der Waals surface area contributed by atoms with Crippen LogP contribution in [0.1, 0.15) is 35.5 Å². The van der Waals surface area contributed by atoms with Gasteiger partial charge in [-0.25, -0.2) is 9.97 Å². The second-order valence-electron chi connectivity index (χ2n) is 6.80. The number of ether oxygens (including phenoxy) is 1. The molecule has 4 rings (SSSR count). The molecule has 0 unspecified atom stereocenters. The van der Waals surface area contributed by atoms with Gasteiger partial charge in [0.15, 0.2) is 5.76 Å². The summed E-state index contributed by atoms with van der Waals surface area (Å²) in [6.07, 6.45) is 3.19. The number of hydrogen-bond donors (Lipinski definition) is 1. The van der Waals surface area contributed by atoms with Gasteiger partial charge in [0, 0.05) is 18.3 Å². The Morgan fingerprint density at radius 3 is 2.90 bits per heavy atom. The number of furan rings is 1. The third kappa shape index (κ3) is 3.82. The molecule has 0 spiro atoms. The zero-order valence-corrected chi connectivity index (χ0v) is 16.3. The van der Waals surface area contributed by atoms with E-state index in [0.717, 1.165) is 5.56 Å². The molecule has 0 fully saturated rings. The maximum atomic E-state index is 13.0. The van der Waals surface area contributed by atoms with Gasteiger partial charge in [-0.05, 0) is 45.0 Å². The van der Waals surface area contributed by atoms with Gasteiger partial charge in [0.05, 0.1) is 29.0 Å². The molecule has 8 heteroatoms. The van der Waals surface area contributed by atoms with Gasteiger partial charge in [0.2, 0.25) is 5.88 Å². The summed E-state index contributed by atoms with van der Waals surface area (Å²) >= 11 is 0. The quantitative estimate of drug-likeness (QED) is 0.531. The van der Waals surface area contributed by atoms with E-state index in [0.29, 0.717) is 34.0 Å². The van der Waals surface area contributed by atoms with Crippen LogP contribution in [0, 0.1) is 6.92 Å². The number of nitrogens with one attached hydrogen (secondary N) is 1. The second kappa shape index (κ2) is 7.75. The van der Waals surface area contributed by atoms with Gasteiger partial charge in [-0.15, -0.1) is 0 Å². The first-order chi connectivity index (χ1) is 14.0. The molecule has 29 heavy (non-hydrogen) atoms. The summed E-state index contributed by atoms with van der Waals surface area (Å²) in [6.45, 7) is 5.89. The van der Waals surface area contributed by atoms with Crippen LogP contribution in [0.15, 0.2) is 51.7 Å². The van der Waals surface area contributed by atoms with Crippen molar-refractivity contribution in [2.75, 3.05) is 0 Å². The molecule has 0 saturated carbocycles. The van der Waals surface area contributed by atoms with E-state index in [1.165, 1.54) is 0 Å². The molecule has 4 heterocycles. The van der Waals surface area contributed by atoms with Crippen molar-refractivity contribution < 1.29 is 18.5 Å². The van der Waals surface area contributed by atoms with Crippen LogP contribution in [0.3, 0.4) is 0 Å². The summed E-state index contributed by atoms with van der Waals surface area (Å²) in [4.78, 5) is 21.7. The zero-order valence-electron chi connectivity index (χ0n) is 16.3. The molecule has 0 aromatic carbocycles. The Labute approximate surface area is 166 Å². The molecule has 0 aliphatic rings. The number of carbonyl (C=O) groups excluding carboxylic acids is 1. The van der Waals surface area contributed by atoms with Crippen molar-refractivity contribution in [2.24, 2.45) is 0 Å². The molecule has 0 aliphatic carbocycles. The number of aromatic nitrogens is 3. The number of nitrogens with zero attached hydrogens (tertiary/aromatic N) is 3. The monoisotopic (exact) mass is 392 g/mol. The lowest BCUT2D eigenvalue weighted by molar-refractivity contribution is 0.0952. The number of aryl methyl sites for hydroxylation is 1. The normalized spacial score (nSPS) is 11.2. The van der Waals surface area contributed by atoms with Crippen molar-refractivity contribution in [3.8, 4) is 17.3 Å². The SMILES string of the molecule is Cc1noc2nc(-c3ccco3)cc(C(=O)NCc3cccnc3OC(C)C)c12. The van der Waals surface area contributed by atoms with Crippen LogP contribution in [0.5, 0.6) is 5.88 Å². The Morgan fingerprint density at radius 1 is 1.28 bits per heavy atom. The molecular weight excluding hydrogens is 372 g/mol. The van der Waals surface area contributed by atoms with Crippen LogP contribution in [-0.4, -0.2) is 27.1 Å². The smallest absolute Gasteiger partial charge is 0.259 e. The van der Waals surface area contributed by atoms with Crippen LogP contribution in [0.2, 0.25) is 0 Å². The van der Waals surface area contributed by atoms with E-state index in [-0.39, 0.29) is 24.3 Å². The molecule has 0 saturated heterocycles. The first kappa shape index (κ1) is 18.7. The highest BCUT2D eigenvalue weighted by atomic mass is 16.5. The van der Waals surface area contributed by atoms with Gasteiger partial charge in [-0.3, -0.25) is 4.79 Å². The molecule has 4 aromatic heterocycles. The summed E-state index contributed by atoms with van der Waals surface area (Å²) in [5.41, 5.74) is 2.57. The van der Waals surface area contributed by atoms with E-state index in [1.54, 1.807) is 43.6 Å². The zero-order chi connectivity index (χ0) is 20.4. The minimum atomic E-state index is -0.282. The molecule has 0 atom stereocenters. The fraction of sp³-hybridized carbons (Fsp3) is 0.238. The number of fused-ring (bicyclic) bond motifs is 1. The number of hydrogen-bond acceptors (Lipinski definition) is 7. The molecule has 8 nitrogen and oxygen atoms in total. The highest BCUT2D eigenvalue weighted by Crippen LogP contribution is 2.27. The van der Waals surface area contributed by atoms with Crippen LogP contribution >= 0.6 is 0 Å². The minimum Gasteiger partial charge on any atom is -0.475 e. The fourth-order valence-electron chi connectivity index (χ4n) is 2.98. The van der Waals surface area contributed by atoms with Gasteiger partial charge in [-0.2, -0.15) is 0 Å². The largest absolute Gasteiger partial charge is 0.475 e. The second-order valence-corrected chi connectivity index (χ2v) is 6.80. The molecule has 0 bridgehead atoms. The van der Waals surface area contributed by atoms with E-state index in [2.05, 4.69) is 20.4 Å². The lowest BCUT2D eigenvalue weighted by Crippen LogP contribution is -2.24. The minimum absolute atomic E-state index is 0.0188. The van der Waals surface area contributed by atoms with E-state index in [4.69, 9.17) is 13.7 Å². The lowest BCUT2D eigenvalue weighted by atomic mass is 10.1. The summed E-state index contributed by atoms with van der Waals surface area (Å²) in [6, 6.07) is 8.87. The summed E-state index contributed by atoms with van der Waals surface area (Å²) < 4.78 is 16.4. The van der Waals surface area contributed by atoms with E-state index in [9.17, 15) is 4.79 Å². The van der Waals surface area contributed by atoms with E-state index >= 15 is 0 Å². The summed E-state index contributed by atoms with van der Waals surface area (Å²) in [5.74, 6) is 0.755. The van der Waals surface area contributed by atoms with E-state index < -0.39 is 0 Å². The number of pyridine rings is 2. The van der Waals surface area contributed by atoms with Crippen LogP contribution in [0.4, 0.5) is 0 Å². The van der Waals surface area contributed by atoms with Gasteiger partial charge >= 0.3 is 0 Å². The Morgan fingerprint density at radius 2 is 2.14 bits per heavy atom. The highest BCUT2D eigenvalue weighted by Gasteiger charge is 2.20. The molecule has 1 N–H and O–H groups in total. The van der Waals surface area contributed by atoms with Crippen molar-refractivity contribution in [1.82, 2.24) is 20.4 Å².